The minimum atomic E-state index is -0.490. The molecule has 0 aliphatic carbocycles. The van der Waals surface area contributed by atoms with Crippen molar-refractivity contribution in [3.63, 3.8) is 0 Å². The molecule has 0 aliphatic rings. The Balaban J connectivity index is 2.33. The summed E-state index contributed by atoms with van der Waals surface area (Å²) in [6.45, 7) is 4.06. The zero-order chi connectivity index (χ0) is 12.5. The zero-order valence-corrected chi connectivity index (χ0v) is 12.1. The van der Waals surface area contributed by atoms with Crippen LogP contribution in [0, 0.1) is 0 Å². The van der Waals surface area contributed by atoms with Crippen LogP contribution in [0.5, 0.6) is 0 Å². The van der Waals surface area contributed by atoms with Crippen molar-refractivity contribution in [1.29, 1.82) is 0 Å². The average Bonchev–Trinajstić information content (AvgIpc) is 2.96. The van der Waals surface area contributed by atoms with Crippen molar-refractivity contribution in [3.05, 3.63) is 21.7 Å². The third kappa shape index (κ3) is 2.43. The lowest BCUT2D eigenvalue weighted by Crippen LogP contribution is -2.36. The number of nitrogens with two attached hydrogens (primary N) is 1. The van der Waals surface area contributed by atoms with Gasteiger partial charge in [0.05, 0.1) is 14.2 Å². The highest BCUT2D eigenvalue weighted by molar-refractivity contribution is 9.11. The summed E-state index contributed by atoms with van der Waals surface area (Å²) in [6.07, 6.45) is 1.58. The molecule has 0 unspecified atom stereocenters. The summed E-state index contributed by atoms with van der Waals surface area (Å²) in [5, 5.41) is 4.00. The van der Waals surface area contributed by atoms with E-state index in [1.807, 2.05) is 26.0 Å². The highest BCUT2D eigenvalue weighted by Crippen LogP contribution is 2.32. The summed E-state index contributed by atoms with van der Waals surface area (Å²) in [4.78, 5) is 5.34. The van der Waals surface area contributed by atoms with E-state index in [4.69, 9.17) is 10.3 Å². The average molecular weight is 316 g/mol. The second-order valence-electron chi connectivity index (χ2n) is 3.89. The predicted octanol–water partition coefficient (Wildman–Crippen LogP) is 3.53. The fourth-order valence-corrected chi connectivity index (χ4v) is 2.83. The van der Waals surface area contributed by atoms with Gasteiger partial charge in [-0.2, -0.15) is 4.98 Å². The molecule has 0 bridgehead atoms. The molecule has 0 aromatic carbocycles. The van der Waals surface area contributed by atoms with Crippen LogP contribution in [-0.4, -0.2) is 10.1 Å². The van der Waals surface area contributed by atoms with Gasteiger partial charge < -0.3 is 10.3 Å². The Kier molecular flexibility index (Phi) is 3.65. The highest BCUT2D eigenvalue weighted by atomic mass is 79.9. The second kappa shape index (κ2) is 4.88. The Morgan fingerprint density at radius 3 is 2.65 bits per heavy atom. The maximum atomic E-state index is 6.22. The van der Waals surface area contributed by atoms with Gasteiger partial charge in [-0.1, -0.05) is 19.0 Å². The van der Waals surface area contributed by atoms with Crippen molar-refractivity contribution in [2.75, 3.05) is 0 Å². The van der Waals surface area contributed by atoms with E-state index < -0.39 is 5.54 Å². The molecule has 2 rings (SSSR count). The molecule has 0 radical (unpaired) electrons. The fourth-order valence-electron chi connectivity index (χ4n) is 1.52. The lowest BCUT2D eigenvalue weighted by molar-refractivity contribution is 0.350. The molecule has 2 aromatic heterocycles. The standard InChI is InChI=1S/C11H14BrN3OS/c1-3-11(13,4-2)10-14-9(16-15-10)7-5-6-8(12)17-7/h5-6H,3-4,13H2,1-2H3. The van der Waals surface area contributed by atoms with Gasteiger partial charge in [-0.15, -0.1) is 11.3 Å². The molecule has 2 heterocycles. The van der Waals surface area contributed by atoms with Gasteiger partial charge >= 0.3 is 0 Å². The van der Waals surface area contributed by atoms with E-state index in [1.165, 1.54) is 0 Å². The minimum Gasteiger partial charge on any atom is -0.333 e. The van der Waals surface area contributed by atoms with Crippen molar-refractivity contribution >= 4 is 27.3 Å². The molecular formula is C11H14BrN3OS. The first kappa shape index (κ1) is 12.7. The van der Waals surface area contributed by atoms with E-state index in [9.17, 15) is 0 Å². The Hall–Kier alpha value is -0.720. The lowest BCUT2D eigenvalue weighted by Gasteiger charge is -2.21. The first-order chi connectivity index (χ1) is 8.09. The van der Waals surface area contributed by atoms with Crippen LogP contribution in [0.1, 0.15) is 32.5 Å². The first-order valence-electron chi connectivity index (χ1n) is 5.48. The number of halogens is 1. The fraction of sp³-hybridized carbons (Fsp3) is 0.455. The number of nitrogens with zero attached hydrogens (tertiary/aromatic N) is 2. The van der Waals surface area contributed by atoms with Crippen LogP contribution in [0.15, 0.2) is 20.4 Å². The monoisotopic (exact) mass is 315 g/mol. The summed E-state index contributed by atoms with van der Waals surface area (Å²) >= 11 is 4.97. The molecule has 0 saturated carbocycles. The number of hydrogen-bond donors (Lipinski definition) is 1. The third-order valence-electron chi connectivity index (χ3n) is 2.92. The number of hydrogen-bond acceptors (Lipinski definition) is 5. The molecule has 2 N–H and O–H groups in total. The quantitative estimate of drug-likeness (QED) is 0.937. The molecule has 17 heavy (non-hydrogen) atoms. The smallest absolute Gasteiger partial charge is 0.268 e. The summed E-state index contributed by atoms with van der Waals surface area (Å²) < 4.78 is 6.30. The van der Waals surface area contributed by atoms with E-state index in [2.05, 4.69) is 26.1 Å². The second-order valence-corrected chi connectivity index (χ2v) is 6.35. The lowest BCUT2D eigenvalue weighted by atomic mass is 9.93. The highest BCUT2D eigenvalue weighted by Gasteiger charge is 2.29. The summed E-state index contributed by atoms with van der Waals surface area (Å²) in [7, 11) is 0. The van der Waals surface area contributed by atoms with Gasteiger partial charge in [-0.3, -0.25) is 0 Å². The molecule has 0 saturated heterocycles. The van der Waals surface area contributed by atoms with Crippen molar-refractivity contribution in [3.8, 4) is 10.8 Å². The molecule has 4 nitrogen and oxygen atoms in total. The van der Waals surface area contributed by atoms with Crippen molar-refractivity contribution < 1.29 is 4.52 Å². The van der Waals surface area contributed by atoms with Gasteiger partial charge in [0, 0.05) is 0 Å². The Bertz CT molecular complexity index is 504. The first-order valence-corrected chi connectivity index (χ1v) is 7.08. The number of rotatable bonds is 4. The minimum absolute atomic E-state index is 0.490. The molecule has 0 atom stereocenters. The molecule has 0 fully saturated rings. The zero-order valence-electron chi connectivity index (χ0n) is 9.74. The van der Waals surface area contributed by atoms with Crippen LogP contribution >= 0.6 is 27.3 Å². The topological polar surface area (TPSA) is 64.9 Å². The Labute approximate surface area is 112 Å². The maximum Gasteiger partial charge on any atom is 0.268 e. The molecule has 0 aliphatic heterocycles. The van der Waals surface area contributed by atoms with E-state index in [1.54, 1.807) is 11.3 Å². The van der Waals surface area contributed by atoms with Gasteiger partial charge in [0.2, 0.25) is 0 Å². The third-order valence-corrected chi connectivity index (χ3v) is 4.53. The molecule has 6 heteroatoms. The van der Waals surface area contributed by atoms with Crippen LogP contribution < -0.4 is 5.73 Å². The maximum absolute atomic E-state index is 6.22. The molecule has 2 aromatic rings. The summed E-state index contributed by atoms with van der Waals surface area (Å²) in [5.74, 6) is 1.12. The van der Waals surface area contributed by atoms with Gasteiger partial charge in [-0.25, -0.2) is 0 Å². The van der Waals surface area contributed by atoms with Crippen LogP contribution in [0.4, 0.5) is 0 Å². The number of aromatic nitrogens is 2. The molecule has 92 valence electrons. The normalized spacial score (nSPS) is 12.0. The van der Waals surface area contributed by atoms with E-state index in [0.29, 0.717) is 11.7 Å². The Morgan fingerprint density at radius 2 is 2.12 bits per heavy atom. The van der Waals surface area contributed by atoms with Crippen LogP contribution in [0.2, 0.25) is 0 Å². The van der Waals surface area contributed by atoms with Crippen molar-refractivity contribution in [2.24, 2.45) is 5.73 Å². The van der Waals surface area contributed by atoms with E-state index in [0.717, 1.165) is 21.5 Å². The molecular weight excluding hydrogens is 302 g/mol. The van der Waals surface area contributed by atoms with Crippen molar-refractivity contribution in [1.82, 2.24) is 10.1 Å². The van der Waals surface area contributed by atoms with Gasteiger partial charge in [0.15, 0.2) is 5.82 Å². The SMILES string of the molecule is CCC(N)(CC)c1noc(-c2ccc(Br)s2)n1. The van der Waals surface area contributed by atoms with E-state index in [-0.39, 0.29) is 0 Å². The predicted molar refractivity (Wildman–Crippen MR) is 71.8 cm³/mol. The van der Waals surface area contributed by atoms with E-state index >= 15 is 0 Å². The molecule has 0 spiro atoms. The summed E-state index contributed by atoms with van der Waals surface area (Å²) in [5.41, 5.74) is 5.73. The van der Waals surface area contributed by atoms with Gasteiger partial charge in [0.25, 0.3) is 5.89 Å². The van der Waals surface area contributed by atoms with Gasteiger partial charge in [0.1, 0.15) is 0 Å². The summed E-state index contributed by atoms with van der Waals surface area (Å²) in [6, 6.07) is 3.90. The van der Waals surface area contributed by atoms with Crippen LogP contribution in [-0.2, 0) is 5.54 Å². The van der Waals surface area contributed by atoms with Crippen LogP contribution in [0.3, 0.4) is 0 Å². The van der Waals surface area contributed by atoms with Crippen LogP contribution in [0.25, 0.3) is 10.8 Å². The number of thiophene rings is 1. The Morgan fingerprint density at radius 1 is 1.41 bits per heavy atom. The van der Waals surface area contributed by atoms with Gasteiger partial charge in [-0.05, 0) is 40.9 Å². The van der Waals surface area contributed by atoms with Crippen molar-refractivity contribution in [2.45, 2.75) is 32.2 Å². The molecule has 0 amide bonds. The largest absolute Gasteiger partial charge is 0.333 e.